The Hall–Kier alpha value is -4.93. The molecule has 2 heterocycles. The first-order chi connectivity index (χ1) is 20.0. The summed E-state index contributed by atoms with van der Waals surface area (Å²) in [5.74, 6) is 0.382. The fraction of sp³-hybridized carbons (Fsp3) is 0.323. The summed E-state index contributed by atoms with van der Waals surface area (Å²) in [6.45, 7) is 7.32. The number of anilines is 2. The Morgan fingerprint density at radius 3 is 2.45 bits per heavy atom. The number of aryl methyl sites for hydroxylation is 1. The number of ether oxygens (including phenoxy) is 1. The highest BCUT2D eigenvalue weighted by atomic mass is 16.5. The van der Waals surface area contributed by atoms with E-state index in [1.54, 1.807) is 65.3 Å². The van der Waals surface area contributed by atoms with Crippen molar-refractivity contribution in [1.29, 1.82) is 0 Å². The standard InChI is InChI=1S/C31H35N5O6/c1-19-25(36(30(39)40)31(2,3)4)14-13-23-26(19)28(38)42-29(34-23)35-24(18-20-9-11-22(41-5)12-10-20)27(37)33-17-15-21-8-6-7-16-32-21/h6-14,16,24H,15,17-18H2,1-5H3,(H,33,37)(H,34,35)(H,39,40)/t24-/m0/s1. The van der Waals surface area contributed by atoms with Gasteiger partial charge in [0.25, 0.3) is 6.01 Å². The van der Waals surface area contributed by atoms with Crippen molar-refractivity contribution >= 4 is 34.6 Å². The van der Waals surface area contributed by atoms with Crippen LogP contribution in [0.5, 0.6) is 5.75 Å². The van der Waals surface area contributed by atoms with E-state index in [0.29, 0.717) is 35.5 Å². The lowest BCUT2D eigenvalue weighted by Crippen LogP contribution is -2.45. The number of carboxylic acid groups (broad SMARTS) is 1. The first-order valence-corrected chi connectivity index (χ1v) is 13.5. The van der Waals surface area contributed by atoms with Crippen LogP contribution in [0.1, 0.15) is 37.6 Å². The van der Waals surface area contributed by atoms with Crippen molar-refractivity contribution in [2.75, 3.05) is 23.9 Å². The molecule has 0 aliphatic rings. The number of amides is 2. The number of rotatable bonds is 10. The number of methoxy groups -OCH3 is 1. The van der Waals surface area contributed by atoms with Gasteiger partial charge in [0.15, 0.2) is 0 Å². The number of fused-ring (bicyclic) bond motifs is 1. The summed E-state index contributed by atoms with van der Waals surface area (Å²) >= 11 is 0. The predicted octanol–water partition coefficient (Wildman–Crippen LogP) is 4.57. The highest BCUT2D eigenvalue weighted by molar-refractivity contribution is 5.95. The van der Waals surface area contributed by atoms with Crippen molar-refractivity contribution in [3.8, 4) is 5.75 Å². The fourth-order valence-electron chi connectivity index (χ4n) is 4.70. The van der Waals surface area contributed by atoms with Gasteiger partial charge in [0.2, 0.25) is 5.91 Å². The molecule has 0 fully saturated rings. The minimum absolute atomic E-state index is 0.121. The molecule has 0 saturated carbocycles. The van der Waals surface area contributed by atoms with Gasteiger partial charge in [-0.15, -0.1) is 0 Å². The molecule has 0 aliphatic heterocycles. The molecule has 2 aromatic carbocycles. The zero-order valence-electron chi connectivity index (χ0n) is 24.3. The number of hydrogen-bond donors (Lipinski definition) is 3. The van der Waals surface area contributed by atoms with Crippen LogP contribution in [0.15, 0.2) is 70.0 Å². The van der Waals surface area contributed by atoms with E-state index in [4.69, 9.17) is 9.15 Å². The van der Waals surface area contributed by atoms with E-state index >= 15 is 0 Å². The van der Waals surface area contributed by atoms with Crippen LogP contribution < -0.4 is 25.9 Å². The molecule has 0 unspecified atom stereocenters. The molecule has 0 bridgehead atoms. The Bertz CT molecular complexity index is 1610. The van der Waals surface area contributed by atoms with E-state index in [-0.39, 0.29) is 23.7 Å². The van der Waals surface area contributed by atoms with Gasteiger partial charge in [0.1, 0.15) is 11.8 Å². The normalized spacial score (nSPS) is 12.0. The third-order valence-corrected chi connectivity index (χ3v) is 6.75. The molecule has 2 aromatic heterocycles. The molecule has 0 saturated heterocycles. The Kier molecular flexibility index (Phi) is 9.09. The summed E-state index contributed by atoms with van der Waals surface area (Å²) in [6.07, 6.45) is 1.39. The molecule has 0 spiro atoms. The number of benzene rings is 2. The molecular formula is C31H35N5O6. The number of nitrogens with zero attached hydrogens (tertiary/aromatic N) is 3. The Morgan fingerprint density at radius 2 is 1.83 bits per heavy atom. The number of hydrogen-bond acceptors (Lipinski definition) is 8. The SMILES string of the molecule is COc1ccc(C[C@H](Nc2nc3ccc(N(C(=O)O)C(C)(C)C)c(C)c3c(=O)o2)C(=O)NCCc2ccccn2)cc1. The summed E-state index contributed by atoms with van der Waals surface area (Å²) in [5.41, 5.74) is 1.36. The zero-order chi connectivity index (χ0) is 30.4. The van der Waals surface area contributed by atoms with Crippen molar-refractivity contribution < 1.29 is 23.8 Å². The Labute approximate surface area is 243 Å². The van der Waals surface area contributed by atoms with E-state index in [1.807, 2.05) is 30.3 Å². The lowest BCUT2D eigenvalue weighted by Gasteiger charge is -2.34. The van der Waals surface area contributed by atoms with Crippen molar-refractivity contribution in [1.82, 2.24) is 15.3 Å². The number of carbonyl (C=O) groups is 2. The van der Waals surface area contributed by atoms with Crippen molar-refractivity contribution in [3.05, 3.63) is 88.0 Å². The predicted molar refractivity (Wildman–Crippen MR) is 160 cm³/mol. The van der Waals surface area contributed by atoms with E-state index in [9.17, 15) is 19.5 Å². The maximum absolute atomic E-state index is 13.3. The summed E-state index contributed by atoms with van der Waals surface area (Å²) < 4.78 is 10.8. The van der Waals surface area contributed by atoms with Crippen LogP contribution in [-0.4, -0.2) is 52.3 Å². The van der Waals surface area contributed by atoms with Crippen LogP contribution >= 0.6 is 0 Å². The summed E-state index contributed by atoms with van der Waals surface area (Å²) in [4.78, 5) is 48.5. The van der Waals surface area contributed by atoms with Gasteiger partial charge < -0.3 is 24.9 Å². The Morgan fingerprint density at radius 1 is 1.10 bits per heavy atom. The lowest BCUT2D eigenvalue weighted by atomic mass is 10.0. The van der Waals surface area contributed by atoms with Crippen LogP contribution in [0, 0.1) is 6.92 Å². The molecule has 11 heteroatoms. The van der Waals surface area contributed by atoms with Gasteiger partial charge in [0.05, 0.1) is 23.7 Å². The molecule has 1 atom stereocenters. The molecule has 4 rings (SSSR count). The number of nitrogens with one attached hydrogen (secondary N) is 2. The van der Waals surface area contributed by atoms with Crippen LogP contribution in [0.4, 0.5) is 16.5 Å². The van der Waals surface area contributed by atoms with Gasteiger partial charge in [-0.05, 0) is 75.2 Å². The summed E-state index contributed by atoms with van der Waals surface area (Å²) in [7, 11) is 1.58. The van der Waals surface area contributed by atoms with Crippen LogP contribution in [0.25, 0.3) is 10.9 Å². The molecule has 0 radical (unpaired) electrons. The second-order valence-electron chi connectivity index (χ2n) is 10.8. The molecule has 3 N–H and O–H groups in total. The highest BCUT2D eigenvalue weighted by Gasteiger charge is 2.30. The number of aromatic nitrogens is 2. The molecule has 2 amide bonds. The number of pyridine rings is 1. The molecule has 42 heavy (non-hydrogen) atoms. The van der Waals surface area contributed by atoms with Gasteiger partial charge in [-0.2, -0.15) is 4.98 Å². The second-order valence-corrected chi connectivity index (χ2v) is 10.8. The van der Waals surface area contributed by atoms with Crippen LogP contribution in [0.2, 0.25) is 0 Å². The Balaban J connectivity index is 1.62. The van der Waals surface area contributed by atoms with Crippen molar-refractivity contribution in [2.24, 2.45) is 0 Å². The van der Waals surface area contributed by atoms with Gasteiger partial charge in [-0.25, -0.2) is 9.59 Å². The van der Waals surface area contributed by atoms with Gasteiger partial charge >= 0.3 is 11.7 Å². The topological polar surface area (TPSA) is 147 Å². The van der Waals surface area contributed by atoms with Crippen molar-refractivity contribution in [3.63, 3.8) is 0 Å². The van der Waals surface area contributed by atoms with Crippen molar-refractivity contribution in [2.45, 2.75) is 52.1 Å². The zero-order valence-corrected chi connectivity index (χ0v) is 24.3. The van der Waals surface area contributed by atoms with E-state index in [2.05, 4.69) is 20.6 Å². The minimum Gasteiger partial charge on any atom is -0.497 e. The van der Waals surface area contributed by atoms with E-state index in [1.165, 1.54) is 4.90 Å². The van der Waals surface area contributed by atoms with Crippen LogP contribution in [0.3, 0.4) is 0 Å². The molecule has 0 aliphatic carbocycles. The summed E-state index contributed by atoms with van der Waals surface area (Å²) in [5, 5.41) is 15.9. The average Bonchev–Trinajstić information content (AvgIpc) is 2.94. The fourth-order valence-corrected chi connectivity index (χ4v) is 4.70. The molecule has 220 valence electrons. The monoisotopic (exact) mass is 573 g/mol. The first kappa shape index (κ1) is 30.0. The molecule has 11 nitrogen and oxygen atoms in total. The third-order valence-electron chi connectivity index (χ3n) is 6.75. The highest BCUT2D eigenvalue weighted by Crippen LogP contribution is 2.31. The molecule has 4 aromatic rings. The van der Waals surface area contributed by atoms with Gasteiger partial charge in [-0.1, -0.05) is 18.2 Å². The maximum atomic E-state index is 13.3. The second kappa shape index (κ2) is 12.7. The lowest BCUT2D eigenvalue weighted by molar-refractivity contribution is -0.121. The minimum atomic E-state index is -1.14. The van der Waals surface area contributed by atoms with Gasteiger partial charge in [-0.3, -0.25) is 14.7 Å². The quantitative estimate of drug-likeness (QED) is 0.248. The first-order valence-electron chi connectivity index (χ1n) is 13.5. The average molecular weight is 574 g/mol. The number of carbonyl (C=O) groups excluding carboxylic acids is 1. The largest absolute Gasteiger partial charge is 0.497 e. The van der Waals surface area contributed by atoms with Gasteiger partial charge in [0, 0.05) is 36.8 Å². The molecular weight excluding hydrogens is 538 g/mol. The smallest absolute Gasteiger partial charge is 0.412 e. The van der Waals surface area contributed by atoms with E-state index in [0.717, 1.165) is 11.3 Å². The summed E-state index contributed by atoms with van der Waals surface area (Å²) in [6, 6.07) is 15.2. The van der Waals surface area contributed by atoms with Crippen LogP contribution in [-0.2, 0) is 17.6 Å². The maximum Gasteiger partial charge on any atom is 0.412 e. The third kappa shape index (κ3) is 7.03. The van der Waals surface area contributed by atoms with E-state index < -0.39 is 23.3 Å².